The fraction of sp³-hybridized carbons (Fsp3) is 0.357. The van der Waals surface area contributed by atoms with E-state index in [1.54, 1.807) is 37.6 Å². The molecule has 2 rings (SSSR count). The van der Waals surface area contributed by atoms with Gasteiger partial charge in [-0.15, -0.1) is 11.8 Å². The largest absolute Gasteiger partial charge is 0.310 e. The van der Waals surface area contributed by atoms with Crippen molar-refractivity contribution in [3.63, 3.8) is 0 Å². The summed E-state index contributed by atoms with van der Waals surface area (Å²) in [5.74, 6) is -0.702. The summed E-state index contributed by atoms with van der Waals surface area (Å²) in [5.41, 5.74) is 1.10. The van der Waals surface area contributed by atoms with E-state index in [9.17, 15) is 13.6 Å². The van der Waals surface area contributed by atoms with Gasteiger partial charge in [-0.05, 0) is 19.1 Å². The predicted molar refractivity (Wildman–Crippen MR) is 87.7 cm³/mol. The van der Waals surface area contributed by atoms with E-state index in [1.807, 2.05) is 0 Å². The molecule has 0 aliphatic carbocycles. The number of alkyl halides is 2. The van der Waals surface area contributed by atoms with Crippen molar-refractivity contribution in [2.24, 2.45) is 0 Å². The Morgan fingerprint density at radius 2 is 2.26 bits per heavy atom. The number of rotatable bonds is 6. The van der Waals surface area contributed by atoms with Gasteiger partial charge < -0.3 is 4.90 Å². The monoisotopic (exact) mass is 360 g/mol. The van der Waals surface area contributed by atoms with Crippen LogP contribution in [-0.2, 0) is 4.79 Å². The van der Waals surface area contributed by atoms with Gasteiger partial charge in [-0.1, -0.05) is 11.6 Å². The Morgan fingerprint density at radius 1 is 1.52 bits per heavy atom. The number of carbonyl (C=O) groups excluding carboxylic acids is 1. The Labute approximate surface area is 141 Å². The number of anilines is 1. The summed E-state index contributed by atoms with van der Waals surface area (Å²) in [6.07, 6.45) is 2.39. The van der Waals surface area contributed by atoms with Crippen LogP contribution in [0.15, 0.2) is 30.7 Å². The number of halogens is 3. The number of carbonyl (C=O) groups is 1. The maximum Gasteiger partial charge on any atom is 0.247 e. The third-order valence-electron chi connectivity index (χ3n) is 3.07. The van der Waals surface area contributed by atoms with Crippen molar-refractivity contribution in [1.82, 2.24) is 14.8 Å². The molecule has 0 saturated heterocycles. The van der Waals surface area contributed by atoms with Crippen LogP contribution in [0.4, 0.5) is 14.5 Å². The molecule has 1 atom stereocenters. The maximum atomic E-state index is 12.3. The first-order valence-electron chi connectivity index (χ1n) is 6.73. The first-order valence-corrected chi connectivity index (χ1v) is 8.15. The Hall–Kier alpha value is -1.67. The molecule has 2 aromatic rings. The zero-order chi connectivity index (χ0) is 17.0. The minimum atomic E-state index is -2.45. The number of pyridine rings is 1. The van der Waals surface area contributed by atoms with Crippen LogP contribution in [0.25, 0.3) is 5.69 Å². The molecule has 2 aromatic heterocycles. The lowest BCUT2D eigenvalue weighted by Crippen LogP contribution is -2.33. The van der Waals surface area contributed by atoms with Gasteiger partial charge in [0, 0.05) is 13.2 Å². The Balaban J connectivity index is 2.15. The average molecular weight is 361 g/mol. The molecule has 1 amide bonds. The van der Waals surface area contributed by atoms with E-state index in [0.29, 0.717) is 11.4 Å². The fourth-order valence-electron chi connectivity index (χ4n) is 1.87. The summed E-state index contributed by atoms with van der Waals surface area (Å²) < 4.78 is 26.0. The molecule has 5 nitrogen and oxygen atoms in total. The minimum absolute atomic E-state index is 0.149. The van der Waals surface area contributed by atoms with Crippen LogP contribution in [0.2, 0.25) is 5.15 Å². The second-order valence-corrected chi connectivity index (χ2v) is 6.46. The Morgan fingerprint density at radius 3 is 2.87 bits per heavy atom. The standard InChI is InChI=1S/C14H15ClF2N4OS/c1-9(23-8-12(16)17)14(22)20(2)11-7-21(19-13(11)15)10-4-3-5-18-6-10/h3-7,9,12H,8H2,1-2H3. The quantitative estimate of drug-likeness (QED) is 0.793. The zero-order valence-corrected chi connectivity index (χ0v) is 14.1. The number of hydrogen-bond acceptors (Lipinski definition) is 4. The molecule has 0 bridgehead atoms. The van der Waals surface area contributed by atoms with Crippen LogP contribution in [0.1, 0.15) is 6.92 Å². The smallest absolute Gasteiger partial charge is 0.247 e. The molecule has 0 aliphatic rings. The van der Waals surface area contributed by atoms with Crippen LogP contribution in [0.5, 0.6) is 0 Å². The third-order valence-corrected chi connectivity index (χ3v) is 4.49. The van der Waals surface area contributed by atoms with Crippen LogP contribution >= 0.6 is 23.4 Å². The lowest BCUT2D eigenvalue weighted by molar-refractivity contribution is -0.117. The normalized spacial score (nSPS) is 12.4. The highest BCUT2D eigenvalue weighted by Gasteiger charge is 2.23. The van der Waals surface area contributed by atoms with Crippen molar-refractivity contribution in [3.8, 4) is 5.69 Å². The van der Waals surface area contributed by atoms with Crippen molar-refractivity contribution in [1.29, 1.82) is 0 Å². The topological polar surface area (TPSA) is 51.0 Å². The van der Waals surface area contributed by atoms with Gasteiger partial charge >= 0.3 is 0 Å². The van der Waals surface area contributed by atoms with Gasteiger partial charge in [-0.25, -0.2) is 13.5 Å². The highest BCUT2D eigenvalue weighted by atomic mass is 35.5. The number of thioether (sulfide) groups is 1. The molecular formula is C14H15ClF2N4OS. The first kappa shape index (κ1) is 17.7. The second kappa shape index (κ2) is 7.74. The minimum Gasteiger partial charge on any atom is -0.310 e. The lowest BCUT2D eigenvalue weighted by Gasteiger charge is -2.19. The molecule has 0 spiro atoms. The Kier molecular flexibility index (Phi) is 5.95. The van der Waals surface area contributed by atoms with Crippen molar-refractivity contribution < 1.29 is 13.6 Å². The summed E-state index contributed by atoms with van der Waals surface area (Å²) in [5, 5.41) is 3.68. The Bertz CT molecular complexity index is 668. The van der Waals surface area contributed by atoms with Crippen LogP contribution in [0.3, 0.4) is 0 Å². The van der Waals surface area contributed by atoms with E-state index in [4.69, 9.17) is 11.6 Å². The summed E-state index contributed by atoms with van der Waals surface area (Å²) in [6, 6.07) is 3.55. The van der Waals surface area contributed by atoms with Gasteiger partial charge in [0.05, 0.1) is 29.1 Å². The van der Waals surface area contributed by atoms with E-state index in [-0.39, 0.29) is 16.8 Å². The van der Waals surface area contributed by atoms with E-state index < -0.39 is 11.7 Å². The van der Waals surface area contributed by atoms with Crippen LogP contribution < -0.4 is 4.90 Å². The van der Waals surface area contributed by atoms with Gasteiger partial charge in [-0.3, -0.25) is 9.78 Å². The van der Waals surface area contributed by atoms with Gasteiger partial charge in [0.2, 0.25) is 12.3 Å². The summed E-state index contributed by atoms with van der Waals surface area (Å²) >= 11 is 7.00. The first-order chi connectivity index (χ1) is 10.9. The highest BCUT2D eigenvalue weighted by molar-refractivity contribution is 8.00. The van der Waals surface area contributed by atoms with E-state index in [2.05, 4.69) is 10.1 Å². The van der Waals surface area contributed by atoms with E-state index in [1.165, 1.54) is 16.6 Å². The van der Waals surface area contributed by atoms with E-state index in [0.717, 1.165) is 11.8 Å². The number of amides is 1. The lowest BCUT2D eigenvalue weighted by atomic mass is 10.3. The highest BCUT2D eigenvalue weighted by Crippen LogP contribution is 2.27. The van der Waals surface area contributed by atoms with Gasteiger partial charge in [0.1, 0.15) is 5.69 Å². The molecule has 2 heterocycles. The summed E-state index contributed by atoms with van der Waals surface area (Å²) in [6.45, 7) is 1.59. The molecule has 9 heteroatoms. The van der Waals surface area contributed by atoms with Crippen molar-refractivity contribution in [2.45, 2.75) is 18.6 Å². The molecule has 1 unspecified atom stereocenters. The molecule has 0 saturated carbocycles. The van der Waals surface area contributed by atoms with E-state index >= 15 is 0 Å². The van der Waals surface area contributed by atoms with Gasteiger partial charge in [-0.2, -0.15) is 5.10 Å². The summed E-state index contributed by atoms with van der Waals surface area (Å²) in [4.78, 5) is 17.6. The molecule has 0 aromatic carbocycles. The number of nitrogens with zero attached hydrogens (tertiary/aromatic N) is 4. The summed E-state index contributed by atoms with van der Waals surface area (Å²) in [7, 11) is 1.54. The second-order valence-electron chi connectivity index (χ2n) is 4.72. The van der Waals surface area contributed by atoms with Crippen LogP contribution in [-0.4, -0.2) is 45.1 Å². The molecule has 0 fully saturated rings. The number of aromatic nitrogens is 3. The van der Waals surface area contributed by atoms with Crippen molar-refractivity contribution >= 4 is 35.0 Å². The average Bonchev–Trinajstić information content (AvgIpc) is 2.93. The molecule has 23 heavy (non-hydrogen) atoms. The fourth-order valence-corrected chi connectivity index (χ4v) is 2.86. The van der Waals surface area contributed by atoms with Crippen molar-refractivity contribution in [2.75, 3.05) is 17.7 Å². The molecule has 124 valence electrons. The van der Waals surface area contributed by atoms with Gasteiger partial charge in [0.25, 0.3) is 0 Å². The SMILES string of the molecule is CC(SCC(F)F)C(=O)N(C)c1cn(-c2cccnc2)nc1Cl. The van der Waals surface area contributed by atoms with Crippen molar-refractivity contribution in [3.05, 3.63) is 35.9 Å². The molecule has 0 radical (unpaired) electrons. The maximum absolute atomic E-state index is 12.3. The predicted octanol–water partition coefficient (Wildman–Crippen LogP) is 3.27. The molecule has 0 aliphatic heterocycles. The van der Waals surface area contributed by atoms with Gasteiger partial charge in [0.15, 0.2) is 5.15 Å². The third kappa shape index (κ3) is 4.42. The molecule has 0 N–H and O–H groups in total. The number of hydrogen-bond donors (Lipinski definition) is 0. The molecular weight excluding hydrogens is 346 g/mol. The van der Waals surface area contributed by atoms with Crippen LogP contribution in [0, 0.1) is 0 Å². The zero-order valence-electron chi connectivity index (χ0n) is 12.5.